The van der Waals surface area contributed by atoms with Gasteiger partial charge in [-0.2, -0.15) is 0 Å². The van der Waals surface area contributed by atoms with E-state index in [1.54, 1.807) is 6.20 Å². The van der Waals surface area contributed by atoms with Gasteiger partial charge in [-0.05, 0) is 43.2 Å². The molecule has 0 unspecified atom stereocenters. The molecule has 2 heteroatoms. The van der Waals surface area contributed by atoms with Crippen LogP contribution in [0.4, 0.5) is 0 Å². The maximum Gasteiger partial charge on any atom is 0.0180 e. The average Bonchev–Trinajstić information content (AvgIpc) is 2.13. The Bertz CT molecular complexity index is 257. The second-order valence-corrected chi connectivity index (χ2v) is 3.81. The van der Waals surface area contributed by atoms with Crippen LogP contribution in [0.3, 0.4) is 0 Å². The van der Waals surface area contributed by atoms with Crippen LogP contribution in [-0.2, 0) is 0 Å². The Hall–Kier alpha value is -1.02. The predicted octanol–water partition coefficient (Wildman–Crippen LogP) is 2.34. The van der Waals surface area contributed by atoms with Gasteiger partial charge in [0, 0.05) is 6.54 Å². The van der Waals surface area contributed by atoms with Gasteiger partial charge in [0.1, 0.15) is 0 Å². The highest BCUT2D eigenvalue weighted by Gasteiger charge is 1.99. The lowest BCUT2D eigenvalue weighted by Crippen LogP contribution is -2.04. The van der Waals surface area contributed by atoms with Gasteiger partial charge in [0.05, 0.1) is 0 Å². The van der Waals surface area contributed by atoms with Gasteiger partial charge in [-0.25, -0.2) is 0 Å². The van der Waals surface area contributed by atoms with Crippen LogP contribution in [0.15, 0.2) is 35.1 Å². The maximum absolute atomic E-state index is 5.68. The molecule has 0 aliphatic carbocycles. The molecular weight excluding hydrogens is 172 g/mol. The fraction of sp³-hybridized carbons (Fsp3) is 0.500. The molecule has 0 saturated carbocycles. The molecule has 0 amide bonds. The van der Waals surface area contributed by atoms with E-state index in [0.29, 0.717) is 12.5 Å². The lowest BCUT2D eigenvalue weighted by molar-refractivity contribution is 0.767. The quantitative estimate of drug-likeness (QED) is 0.675. The van der Waals surface area contributed by atoms with Crippen molar-refractivity contribution in [3.8, 4) is 0 Å². The summed E-state index contributed by atoms with van der Waals surface area (Å²) in [4.78, 5) is 0. The molecule has 0 aliphatic rings. The lowest BCUT2D eigenvalue weighted by Gasteiger charge is -2.08. The first-order chi connectivity index (χ1) is 6.52. The molecule has 0 aliphatic heterocycles. The highest BCUT2D eigenvalue weighted by molar-refractivity contribution is 5.34. The minimum absolute atomic E-state index is 0.556. The first-order valence-electron chi connectivity index (χ1n) is 4.99. The lowest BCUT2D eigenvalue weighted by atomic mass is 10.00. The number of hydrogen-bond donors (Lipinski definition) is 2. The van der Waals surface area contributed by atoms with E-state index in [4.69, 9.17) is 11.5 Å². The molecule has 0 heterocycles. The predicted molar refractivity (Wildman–Crippen MR) is 63.7 cm³/mol. The molecule has 0 bridgehead atoms. The van der Waals surface area contributed by atoms with Crippen molar-refractivity contribution < 1.29 is 0 Å². The molecule has 0 aromatic carbocycles. The number of allylic oxidation sites excluding steroid dienone is 3. The minimum atomic E-state index is 0.556. The smallest absolute Gasteiger partial charge is 0.0180 e. The Morgan fingerprint density at radius 3 is 2.21 bits per heavy atom. The monoisotopic (exact) mass is 194 g/mol. The van der Waals surface area contributed by atoms with Crippen LogP contribution in [0.1, 0.15) is 27.7 Å². The summed E-state index contributed by atoms with van der Waals surface area (Å²) < 4.78 is 0. The van der Waals surface area contributed by atoms with Crippen molar-refractivity contribution in [2.24, 2.45) is 17.4 Å². The molecule has 0 aromatic heterocycles. The molecule has 0 radical (unpaired) electrons. The topological polar surface area (TPSA) is 52.0 Å². The molecule has 0 fully saturated rings. The second-order valence-electron chi connectivity index (χ2n) is 3.81. The Morgan fingerprint density at radius 2 is 1.86 bits per heavy atom. The van der Waals surface area contributed by atoms with E-state index in [2.05, 4.69) is 26.8 Å². The largest absolute Gasteiger partial charge is 0.405 e. The van der Waals surface area contributed by atoms with E-state index in [1.807, 2.05) is 13.0 Å². The molecular formula is C12H22N2. The van der Waals surface area contributed by atoms with Crippen LogP contribution in [0.25, 0.3) is 0 Å². The fourth-order valence-electron chi connectivity index (χ4n) is 1.03. The molecule has 80 valence electrons. The van der Waals surface area contributed by atoms with Crippen LogP contribution in [0, 0.1) is 5.92 Å². The zero-order valence-electron chi connectivity index (χ0n) is 9.67. The van der Waals surface area contributed by atoms with E-state index in [-0.39, 0.29) is 0 Å². The van der Waals surface area contributed by atoms with E-state index in [0.717, 1.165) is 11.1 Å². The van der Waals surface area contributed by atoms with Crippen molar-refractivity contribution >= 4 is 0 Å². The van der Waals surface area contributed by atoms with E-state index >= 15 is 0 Å². The third kappa shape index (κ3) is 4.28. The van der Waals surface area contributed by atoms with Crippen LogP contribution in [0.5, 0.6) is 0 Å². The first kappa shape index (κ1) is 13.0. The zero-order chi connectivity index (χ0) is 11.1. The van der Waals surface area contributed by atoms with Crippen molar-refractivity contribution in [2.75, 3.05) is 6.54 Å². The average molecular weight is 194 g/mol. The highest BCUT2D eigenvalue weighted by atomic mass is 14.5. The van der Waals surface area contributed by atoms with Crippen molar-refractivity contribution in [1.29, 1.82) is 0 Å². The third-order valence-electron chi connectivity index (χ3n) is 2.39. The van der Waals surface area contributed by atoms with Crippen LogP contribution in [0.2, 0.25) is 0 Å². The van der Waals surface area contributed by atoms with Crippen molar-refractivity contribution in [3.63, 3.8) is 0 Å². The van der Waals surface area contributed by atoms with Crippen molar-refractivity contribution in [2.45, 2.75) is 27.7 Å². The second kappa shape index (κ2) is 6.44. The summed E-state index contributed by atoms with van der Waals surface area (Å²) in [6.45, 7) is 9.05. The Morgan fingerprint density at radius 1 is 1.29 bits per heavy atom. The standard InChI is InChI=1S/C12H22N2/c1-9(2)11(4)7-12(8-14)10(3)5-6-13/h5-7,9H,8,13-14H2,1-4H3/b6-5-,11-7-,12-10-. The van der Waals surface area contributed by atoms with E-state index in [9.17, 15) is 0 Å². The fourth-order valence-corrected chi connectivity index (χ4v) is 1.03. The summed E-state index contributed by atoms with van der Waals surface area (Å²) in [7, 11) is 0. The normalized spacial score (nSPS) is 15.1. The van der Waals surface area contributed by atoms with Crippen LogP contribution < -0.4 is 11.5 Å². The Balaban J connectivity index is 4.91. The Labute approximate surface area is 87.4 Å². The van der Waals surface area contributed by atoms with Crippen LogP contribution in [-0.4, -0.2) is 6.54 Å². The number of nitrogens with two attached hydrogens (primary N) is 2. The highest BCUT2D eigenvalue weighted by Crippen LogP contribution is 2.14. The van der Waals surface area contributed by atoms with Crippen molar-refractivity contribution in [1.82, 2.24) is 0 Å². The summed E-state index contributed by atoms with van der Waals surface area (Å²) in [5.74, 6) is 0.561. The third-order valence-corrected chi connectivity index (χ3v) is 2.39. The van der Waals surface area contributed by atoms with Gasteiger partial charge >= 0.3 is 0 Å². The van der Waals surface area contributed by atoms with E-state index in [1.165, 1.54) is 5.57 Å². The zero-order valence-corrected chi connectivity index (χ0v) is 9.67. The van der Waals surface area contributed by atoms with Crippen molar-refractivity contribution in [3.05, 3.63) is 35.1 Å². The minimum Gasteiger partial charge on any atom is -0.405 e. The van der Waals surface area contributed by atoms with Gasteiger partial charge < -0.3 is 11.5 Å². The van der Waals surface area contributed by atoms with Gasteiger partial charge in [-0.15, -0.1) is 0 Å². The summed E-state index contributed by atoms with van der Waals surface area (Å²) in [6.07, 6.45) is 5.58. The number of hydrogen-bond acceptors (Lipinski definition) is 2. The molecule has 0 spiro atoms. The summed E-state index contributed by atoms with van der Waals surface area (Å²) >= 11 is 0. The van der Waals surface area contributed by atoms with Gasteiger partial charge in [0.15, 0.2) is 0 Å². The molecule has 0 rings (SSSR count). The molecule has 4 N–H and O–H groups in total. The molecule has 0 saturated heterocycles. The van der Waals surface area contributed by atoms with Gasteiger partial charge in [0.25, 0.3) is 0 Å². The first-order valence-corrected chi connectivity index (χ1v) is 4.99. The van der Waals surface area contributed by atoms with E-state index < -0.39 is 0 Å². The van der Waals surface area contributed by atoms with Gasteiger partial charge in [0.2, 0.25) is 0 Å². The molecule has 2 nitrogen and oxygen atoms in total. The summed E-state index contributed by atoms with van der Waals surface area (Å²) in [5, 5.41) is 0. The molecule has 0 aromatic rings. The van der Waals surface area contributed by atoms with Gasteiger partial charge in [-0.1, -0.05) is 25.5 Å². The SMILES string of the molecule is C/C(=C/C(CN)=C(C)/C=C\N)C(C)C. The maximum atomic E-state index is 5.68. The van der Waals surface area contributed by atoms with Gasteiger partial charge in [-0.3, -0.25) is 0 Å². The summed E-state index contributed by atoms with van der Waals surface area (Å²) in [6, 6.07) is 0. The Kier molecular flexibility index (Phi) is 5.97. The van der Waals surface area contributed by atoms with Crippen LogP contribution >= 0.6 is 0 Å². The molecule has 0 atom stereocenters. The number of rotatable bonds is 4. The molecule has 14 heavy (non-hydrogen) atoms. The summed E-state index contributed by atoms with van der Waals surface area (Å²) in [5.41, 5.74) is 14.6.